The van der Waals surface area contributed by atoms with E-state index in [1.807, 2.05) is 45.0 Å². The molecule has 0 aliphatic heterocycles. The standard InChI is InChI=1S/C29H47N3O4/c1-8-9-19-32(27(34)24(20(2)3)31-28(35)36-29(5,6)7)25(22-17-15-21(4)16-18-22)26(33)30-23-13-11-10-12-14-23/h15-18,20,23-25H,8-14,19H2,1-7H3,(H,30,33)(H,31,35). The van der Waals surface area contributed by atoms with E-state index in [2.05, 4.69) is 17.6 Å². The van der Waals surface area contributed by atoms with Crippen LogP contribution < -0.4 is 10.6 Å². The molecule has 0 aromatic heterocycles. The Kier molecular flexibility index (Phi) is 11.3. The molecular formula is C29H47N3O4. The Morgan fingerprint density at radius 2 is 1.67 bits per heavy atom. The predicted molar refractivity (Wildman–Crippen MR) is 144 cm³/mol. The normalized spacial score (nSPS) is 16.2. The molecule has 1 aliphatic rings. The number of carbonyl (C=O) groups excluding carboxylic acids is 3. The maximum atomic E-state index is 14.0. The van der Waals surface area contributed by atoms with Gasteiger partial charge in [0.25, 0.3) is 0 Å². The Balaban J connectivity index is 2.41. The van der Waals surface area contributed by atoms with Crippen molar-refractivity contribution in [2.45, 2.75) is 117 Å². The molecule has 1 aromatic rings. The second-order valence-electron chi connectivity index (χ2n) is 11.4. The van der Waals surface area contributed by atoms with Gasteiger partial charge in [-0.15, -0.1) is 0 Å². The van der Waals surface area contributed by atoms with Crippen molar-refractivity contribution < 1.29 is 19.1 Å². The number of nitrogens with zero attached hydrogens (tertiary/aromatic N) is 1. The second kappa shape index (κ2) is 13.7. The van der Waals surface area contributed by atoms with Crippen molar-refractivity contribution in [2.24, 2.45) is 5.92 Å². The van der Waals surface area contributed by atoms with Crippen molar-refractivity contribution in [3.05, 3.63) is 35.4 Å². The number of unbranched alkanes of at least 4 members (excludes halogenated alkanes) is 1. The van der Waals surface area contributed by atoms with Crippen LogP contribution in [0.4, 0.5) is 4.79 Å². The number of hydrogen-bond acceptors (Lipinski definition) is 4. The van der Waals surface area contributed by atoms with Gasteiger partial charge in [0.05, 0.1) is 0 Å². The number of hydrogen-bond donors (Lipinski definition) is 2. The number of amides is 3. The van der Waals surface area contributed by atoms with Crippen LogP contribution in [-0.2, 0) is 14.3 Å². The molecule has 0 spiro atoms. The zero-order valence-electron chi connectivity index (χ0n) is 23.4. The zero-order valence-corrected chi connectivity index (χ0v) is 23.4. The molecule has 7 nitrogen and oxygen atoms in total. The molecule has 1 saturated carbocycles. The molecule has 1 fully saturated rings. The molecule has 0 saturated heterocycles. The number of aryl methyl sites for hydroxylation is 1. The summed E-state index contributed by atoms with van der Waals surface area (Å²) in [6, 6.07) is 6.34. The first-order valence-electron chi connectivity index (χ1n) is 13.6. The molecule has 2 atom stereocenters. The van der Waals surface area contributed by atoms with E-state index in [1.54, 1.807) is 25.7 Å². The van der Waals surface area contributed by atoms with E-state index in [0.717, 1.165) is 49.7 Å². The minimum atomic E-state index is -0.813. The Labute approximate surface area is 217 Å². The summed E-state index contributed by atoms with van der Waals surface area (Å²) in [7, 11) is 0. The summed E-state index contributed by atoms with van der Waals surface area (Å²) >= 11 is 0. The summed E-state index contributed by atoms with van der Waals surface area (Å²) in [6.45, 7) is 13.6. The molecule has 202 valence electrons. The van der Waals surface area contributed by atoms with Crippen LogP contribution in [0, 0.1) is 12.8 Å². The first kappa shape index (κ1) is 29.7. The van der Waals surface area contributed by atoms with Gasteiger partial charge in [0, 0.05) is 12.6 Å². The Bertz CT molecular complexity index is 854. The quantitative estimate of drug-likeness (QED) is 0.433. The molecule has 2 rings (SSSR count). The van der Waals surface area contributed by atoms with Crippen molar-refractivity contribution >= 4 is 17.9 Å². The van der Waals surface area contributed by atoms with Crippen molar-refractivity contribution in [1.29, 1.82) is 0 Å². The van der Waals surface area contributed by atoms with Gasteiger partial charge in [0.15, 0.2) is 0 Å². The van der Waals surface area contributed by atoms with Crippen LogP contribution in [0.2, 0.25) is 0 Å². The lowest BCUT2D eigenvalue weighted by Crippen LogP contribution is -2.55. The maximum Gasteiger partial charge on any atom is 0.408 e. The van der Waals surface area contributed by atoms with Gasteiger partial charge in [-0.2, -0.15) is 0 Å². The lowest BCUT2D eigenvalue weighted by Gasteiger charge is -2.36. The molecule has 0 bridgehead atoms. The number of benzene rings is 1. The average Bonchev–Trinajstić information content (AvgIpc) is 2.80. The summed E-state index contributed by atoms with van der Waals surface area (Å²) < 4.78 is 5.44. The molecular weight excluding hydrogens is 454 g/mol. The smallest absolute Gasteiger partial charge is 0.408 e. The van der Waals surface area contributed by atoms with Gasteiger partial charge in [0.2, 0.25) is 11.8 Å². The number of rotatable bonds is 10. The van der Waals surface area contributed by atoms with E-state index in [4.69, 9.17) is 4.74 Å². The molecule has 1 aromatic carbocycles. The number of carbonyl (C=O) groups is 3. The third-order valence-corrected chi connectivity index (χ3v) is 6.55. The lowest BCUT2D eigenvalue weighted by atomic mass is 9.94. The van der Waals surface area contributed by atoms with Crippen LogP contribution in [0.25, 0.3) is 0 Å². The van der Waals surface area contributed by atoms with E-state index >= 15 is 0 Å². The van der Waals surface area contributed by atoms with Gasteiger partial charge in [-0.05, 0) is 58.4 Å². The minimum absolute atomic E-state index is 0.128. The van der Waals surface area contributed by atoms with Crippen molar-refractivity contribution in [3.8, 4) is 0 Å². The fourth-order valence-electron chi connectivity index (χ4n) is 4.57. The summed E-state index contributed by atoms with van der Waals surface area (Å²) in [5.74, 6) is -0.613. The molecule has 3 amide bonds. The molecule has 0 radical (unpaired) electrons. The summed E-state index contributed by atoms with van der Waals surface area (Å²) in [5, 5.41) is 6.02. The van der Waals surface area contributed by atoms with E-state index in [1.165, 1.54) is 6.42 Å². The summed E-state index contributed by atoms with van der Waals surface area (Å²) in [4.78, 5) is 42.1. The van der Waals surface area contributed by atoms with Crippen LogP contribution in [0.3, 0.4) is 0 Å². The summed E-state index contributed by atoms with van der Waals surface area (Å²) in [5.41, 5.74) is 1.18. The fraction of sp³-hybridized carbons (Fsp3) is 0.690. The van der Waals surface area contributed by atoms with E-state index in [0.29, 0.717) is 6.54 Å². The molecule has 36 heavy (non-hydrogen) atoms. The number of nitrogens with one attached hydrogen (secondary N) is 2. The van der Waals surface area contributed by atoms with Crippen molar-refractivity contribution in [2.75, 3.05) is 6.54 Å². The van der Waals surface area contributed by atoms with Crippen LogP contribution in [0.5, 0.6) is 0 Å². The highest BCUT2D eigenvalue weighted by atomic mass is 16.6. The fourth-order valence-corrected chi connectivity index (χ4v) is 4.57. The monoisotopic (exact) mass is 501 g/mol. The Morgan fingerprint density at radius 3 is 2.19 bits per heavy atom. The van der Waals surface area contributed by atoms with E-state index in [9.17, 15) is 14.4 Å². The second-order valence-corrected chi connectivity index (χ2v) is 11.4. The number of ether oxygens (including phenoxy) is 1. The van der Waals surface area contributed by atoms with Gasteiger partial charge < -0.3 is 20.3 Å². The highest BCUT2D eigenvalue weighted by molar-refractivity contribution is 5.92. The molecule has 1 aliphatic carbocycles. The van der Waals surface area contributed by atoms with Crippen LogP contribution >= 0.6 is 0 Å². The van der Waals surface area contributed by atoms with Crippen molar-refractivity contribution in [3.63, 3.8) is 0 Å². The van der Waals surface area contributed by atoms with Gasteiger partial charge >= 0.3 is 6.09 Å². The minimum Gasteiger partial charge on any atom is -0.444 e. The summed E-state index contributed by atoms with van der Waals surface area (Å²) in [6.07, 6.45) is 6.32. The SMILES string of the molecule is CCCCN(C(=O)C(NC(=O)OC(C)(C)C)C(C)C)C(C(=O)NC1CCCCC1)c1ccc(C)cc1. The highest BCUT2D eigenvalue weighted by Gasteiger charge is 2.37. The number of alkyl carbamates (subject to hydrolysis) is 1. The van der Waals surface area contributed by atoms with Crippen LogP contribution in [0.1, 0.15) is 104 Å². The maximum absolute atomic E-state index is 14.0. The lowest BCUT2D eigenvalue weighted by molar-refractivity contribution is -0.143. The van der Waals surface area contributed by atoms with E-state index in [-0.39, 0.29) is 23.8 Å². The molecule has 0 heterocycles. The average molecular weight is 502 g/mol. The van der Waals surface area contributed by atoms with Gasteiger partial charge in [-0.1, -0.05) is 76.3 Å². The topological polar surface area (TPSA) is 87.7 Å². The molecule has 7 heteroatoms. The molecule has 2 N–H and O–H groups in total. The first-order chi connectivity index (χ1) is 16.9. The Hall–Kier alpha value is -2.57. The van der Waals surface area contributed by atoms with Crippen molar-refractivity contribution in [1.82, 2.24) is 15.5 Å². The predicted octanol–water partition coefficient (Wildman–Crippen LogP) is 5.66. The molecule has 2 unspecified atom stereocenters. The zero-order chi connectivity index (χ0) is 26.9. The van der Waals surface area contributed by atoms with Crippen LogP contribution in [0.15, 0.2) is 24.3 Å². The van der Waals surface area contributed by atoms with Gasteiger partial charge in [0.1, 0.15) is 17.7 Å². The highest BCUT2D eigenvalue weighted by Crippen LogP contribution is 2.26. The largest absolute Gasteiger partial charge is 0.444 e. The van der Waals surface area contributed by atoms with Gasteiger partial charge in [-0.3, -0.25) is 9.59 Å². The van der Waals surface area contributed by atoms with Crippen LogP contribution in [-0.4, -0.2) is 47.0 Å². The third-order valence-electron chi connectivity index (χ3n) is 6.55. The third kappa shape index (κ3) is 9.14. The van der Waals surface area contributed by atoms with E-state index < -0.39 is 23.8 Å². The Morgan fingerprint density at radius 1 is 1.06 bits per heavy atom. The van der Waals surface area contributed by atoms with Gasteiger partial charge in [-0.25, -0.2) is 4.79 Å². The first-order valence-corrected chi connectivity index (χ1v) is 13.6.